The summed E-state index contributed by atoms with van der Waals surface area (Å²) in [5.41, 5.74) is 1.83. The van der Waals surface area contributed by atoms with Crippen LogP contribution >= 0.6 is 0 Å². The summed E-state index contributed by atoms with van der Waals surface area (Å²) < 4.78 is 6.65. The molecular formula is C15H16N4O3. The van der Waals surface area contributed by atoms with E-state index in [1.807, 2.05) is 20.8 Å². The predicted molar refractivity (Wildman–Crippen MR) is 82.0 cm³/mol. The van der Waals surface area contributed by atoms with E-state index in [-0.39, 0.29) is 11.4 Å². The molecule has 0 bridgehead atoms. The number of amides is 1. The van der Waals surface area contributed by atoms with Crippen LogP contribution in [0.15, 0.2) is 39.8 Å². The highest BCUT2D eigenvalue weighted by Crippen LogP contribution is 2.18. The quantitative estimate of drug-likeness (QED) is 0.759. The highest BCUT2D eigenvalue weighted by Gasteiger charge is 2.17. The molecule has 0 radical (unpaired) electrons. The van der Waals surface area contributed by atoms with Gasteiger partial charge in [-0.25, -0.2) is 4.79 Å². The first kappa shape index (κ1) is 14.1. The largest absolute Gasteiger partial charge is 0.417 e. The van der Waals surface area contributed by atoms with E-state index in [1.165, 1.54) is 6.20 Å². The van der Waals surface area contributed by atoms with Crippen LogP contribution in [-0.2, 0) is 5.54 Å². The van der Waals surface area contributed by atoms with Crippen molar-refractivity contribution in [2.24, 2.45) is 0 Å². The molecule has 3 aromatic rings. The minimum absolute atomic E-state index is 0.187. The molecule has 0 aliphatic carbocycles. The van der Waals surface area contributed by atoms with Gasteiger partial charge in [0.15, 0.2) is 5.58 Å². The average molecular weight is 300 g/mol. The lowest BCUT2D eigenvalue weighted by Gasteiger charge is -2.18. The van der Waals surface area contributed by atoms with Crippen LogP contribution in [-0.4, -0.2) is 20.7 Å². The Morgan fingerprint density at radius 3 is 2.82 bits per heavy atom. The second kappa shape index (κ2) is 4.87. The maximum atomic E-state index is 12.2. The second-order valence-corrected chi connectivity index (χ2v) is 6.02. The van der Waals surface area contributed by atoms with E-state index in [0.29, 0.717) is 22.4 Å². The number of benzene rings is 1. The monoisotopic (exact) mass is 300 g/mol. The fraction of sp³-hybridized carbons (Fsp3) is 0.267. The highest BCUT2D eigenvalue weighted by molar-refractivity contribution is 6.04. The Morgan fingerprint density at radius 2 is 2.14 bits per heavy atom. The van der Waals surface area contributed by atoms with Crippen molar-refractivity contribution in [2.45, 2.75) is 26.3 Å². The number of aromatic amines is 1. The van der Waals surface area contributed by atoms with Gasteiger partial charge < -0.3 is 9.73 Å². The Morgan fingerprint density at radius 1 is 1.36 bits per heavy atom. The molecule has 0 saturated heterocycles. The van der Waals surface area contributed by atoms with Gasteiger partial charge in [0.25, 0.3) is 5.91 Å². The van der Waals surface area contributed by atoms with Crippen molar-refractivity contribution in [3.63, 3.8) is 0 Å². The lowest BCUT2D eigenvalue weighted by Crippen LogP contribution is -2.22. The lowest BCUT2D eigenvalue weighted by molar-refractivity contribution is 0.102. The van der Waals surface area contributed by atoms with Crippen LogP contribution in [0.5, 0.6) is 0 Å². The molecule has 0 unspecified atom stereocenters. The minimum atomic E-state index is -0.523. The molecule has 2 heterocycles. The predicted octanol–water partition coefficient (Wildman–Crippen LogP) is 2.32. The van der Waals surface area contributed by atoms with Gasteiger partial charge in [-0.3, -0.25) is 14.5 Å². The van der Waals surface area contributed by atoms with Gasteiger partial charge in [-0.2, -0.15) is 5.10 Å². The normalized spacial score (nSPS) is 11.8. The van der Waals surface area contributed by atoms with Gasteiger partial charge in [0.05, 0.1) is 22.8 Å². The molecule has 0 fully saturated rings. The number of hydrogen-bond donors (Lipinski definition) is 2. The summed E-state index contributed by atoms with van der Waals surface area (Å²) in [5.74, 6) is -0.786. The maximum Gasteiger partial charge on any atom is 0.417 e. The van der Waals surface area contributed by atoms with Crippen LogP contribution in [0.1, 0.15) is 31.1 Å². The van der Waals surface area contributed by atoms with E-state index in [9.17, 15) is 9.59 Å². The highest BCUT2D eigenvalue weighted by atomic mass is 16.4. The zero-order chi connectivity index (χ0) is 15.9. The number of aromatic nitrogens is 3. The molecule has 2 N–H and O–H groups in total. The van der Waals surface area contributed by atoms with Crippen LogP contribution in [0, 0.1) is 0 Å². The van der Waals surface area contributed by atoms with E-state index >= 15 is 0 Å². The number of hydrogen-bond acceptors (Lipinski definition) is 4. The van der Waals surface area contributed by atoms with Crippen LogP contribution in [0.3, 0.4) is 0 Å². The van der Waals surface area contributed by atoms with Crippen molar-refractivity contribution in [3.8, 4) is 0 Å². The van der Waals surface area contributed by atoms with E-state index in [0.717, 1.165) is 0 Å². The summed E-state index contributed by atoms with van der Waals surface area (Å²) in [6.07, 6.45) is 3.23. The number of oxazole rings is 1. The molecule has 0 aliphatic heterocycles. The molecule has 1 amide bonds. The zero-order valence-corrected chi connectivity index (χ0v) is 12.5. The van der Waals surface area contributed by atoms with E-state index in [1.54, 1.807) is 29.1 Å². The number of anilines is 1. The molecule has 22 heavy (non-hydrogen) atoms. The summed E-state index contributed by atoms with van der Waals surface area (Å²) in [4.78, 5) is 25.9. The Labute approximate surface area is 125 Å². The standard InChI is InChI=1S/C15H16N4O3/c1-15(2,3)19-8-9(7-16-19)13(20)17-10-4-5-12-11(6-10)18-14(21)22-12/h4-8H,1-3H3,(H,17,20)(H,18,21). The maximum absolute atomic E-state index is 12.2. The van der Waals surface area contributed by atoms with E-state index < -0.39 is 5.76 Å². The third-order valence-electron chi connectivity index (χ3n) is 3.21. The fourth-order valence-corrected chi connectivity index (χ4v) is 2.04. The van der Waals surface area contributed by atoms with Gasteiger partial charge in [-0.1, -0.05) is 0 Å². The summed E-state index contributed by atoms with van der Waals surface area (Å²) in [5, 5.41) is 6.97. The van der Waals surface area contributed by atoms with Crippen molar-refractivity contribution in [1.29, 1.82) is 0 Å². The van der Waals surface area contributed by atoms with Crippen molar-refractivity contribution in [2.75, 3.05) is 5.32 Å². The summed E-state index contributed by atoms with van der Waals surface area (Å²) in [6, 6.07) is 4.94. The summed E-state index contributed by atoms with van der Waals surface area (Å²) >= 11 is 0. The molecule has 7 nitrogen and oxygen atoms in total. The number of rotatable bonds is 2. The first-order valence-electron chi connectivity index (χ1n) is 6.82. The fourth-order valence-electron chi connectivity index (χ4n) is 2.04. The topological polar surface area (TPSA) is 92.9 Å². The Hall–Kier alpha value is -2.83. The van der Waals surface area contributed by atoms with E-state index in [2.05, 4.69) is 15.4 Å². The molecule has 3 rings (SSSR count). The van der Waals surface area contributed by atoms with Crippen LogP contribution in [0.2, 0.25) is 0 Å². The van der Waals surface area contributed by atoms with Crippen molar-refractivity contribution in [3.05, 3.63) is 46.7 Å². The van der Waals surface area contributed by atoms with Gasteiger partial charge in [-0.05, 0) is 39.0 Å². The van der Waals surface area contributed by atoms with Gasteiger partial charge in [0, 0.05) is 11.9 Å². The van der Waals surface area contributed by atoms with E-state index in [4.69, 9.17) is 4.42 Å². The zero-order valence-electron chi connectivity index (χ0n) is 12.5. The third-order valence-corrected chi connectivity index (χ3v) is 3.21. The molecule has 2 aromatic heterocycles. The third kappa shape index (κ3) is 2.65. The number of H-pyrrole nitrogens is 1. The average Bonchev–Trinajstić information content (AvgIpc) is 3.02. The van der Waals surface area contributed by atoms with Gasteiger partial charge in [0.2, 0.25) is 0 Å². The molecule has 0 atom stereocenters. The number of nitrogens with one attached hydrogen (secondary N) is 2. The Bertz CT molecular complexity index is 895. The smallest absolute Gasteiger partial charge is 0.408 e. The number of carbonyl (C=O) groups excluding carboxylic acids is 1. The second-order valence-electron chi connectivity index (χ2n) is 6.02. The summed E-state index contributed by atoms with van der Waals surface area (Å²) in [7, 11) is 0. The van der Waals surface area contributed by atoms with Crippen LogP contribution in [0.25, 0.3) is 11.1 Å². The number of nitrogens with zero attached hydrogens (tertiary/aromatic N) is 2. The molecule has 7 heteroatoms. The van der Waals surface area contributed by atoms with Gasteiger partial charge in [0.1, 0.15) is 0 Å². The SMILES string of the molecule is CC(C)(C)n1cc(C(=O)Nc2ccc3oc(=O)[nH]c3c2)cn1. The van der Waals surface area contributed by atoms with Gasteiger partial charge in [-0.15, -0.1) is 0 Å². The molecule has 0 saturated carbocycles. The molecular weight excluding hydrogens is 284 g/mol. The Kier molecular flexibility index (Phi) is 3.13. The van der Waals surface area contributed by atoms with Crippen molar-refractivity contribution in [1.82, 2.24) is 14.8 Å². The summed E-state index contributed by atoms with van der Waals surface area (Å²) in [6.45, 7) is 6.01. The number of carbonyl (C=O) groups is 1. The first-order valence-corrected chi connectivity index (χ1v) is 6.82. The molecule has 0 spiro atoms. The van der Waals surface area contributed by atoms with Gasteiger partial charge >= 0.3 is 5.76 Å². The molecule has 0 aliphatic rings. The van der Waals surface area contributed by atoms with Crippen LogP contribution < -0.4 is 11.1 Å². The van der Waals surface area contributed by atoms with Crippen molar-refractivity contribution >= 4 is 22.7 Å². The molecule has 1 aromatic carbocycles. The Balaban J connectivity index is 1.83. The van der Waals surface area contributed by atoms with Crippen molar-refractivity contribution < 1.29 is 9.21 Å². The number of fused-ring (bicyclic) bond motifs is 1. The first-order chi connectivity index (χ1) is 10.3. The minimum Gasteiger partial charge on any atom is -0.408 e. The lowest BCUT2D eigenvalue weighted by atomic mass is 10.1. The molecule has 114 valence electrons. The van der Waals surface area contributed by atoms with Crippen LogP contribution in [0.4, 0.5) is 5.69 Å².